The van der Waals surface area contributed by atoms with E-state index in [1.165, 1.54) is 0 Å². The van der Waals surface area contributed by atoms with Crippen molar-refractivity contribution >= 4 is 29.2 Å². The van der Waals surface area contributed by atoms with E-state index >= 15 is 0 Å². The van der Waals surface area contributed by atoms with Gasteiger partial charge in [0.05, 0.1) is 0 Å². The van der Waals surface area contributed by atoms with Gasteiger partial charge < -0.3 is 15.5 Å². The lowest BCUT2D eigenvalue weighted by molar-refractivity contribution is -0.126. The van der Waals surface area contributed by atoms with E-state index in [4.69, 9.17) is 11.6 Å². The van der Waals surface area contributed by atoms with E-state index < -0.39 is 0 Å². The molecule has 5 nitrogen and oxygen atoms in total. The highest BCUT2D eigenvalue weighted by Gasteiger charge is 2.26. The van der Waals surface area contributed by atoms with Crippen molar-refractivity contribution < 1.29 is 9.59 Å². The summed E-state index contributed by atoms with van der Waals surface area (Å²) in [6, 6.07) is 6.61. The fourth-order valence-electron chi connectivity index (χ4n) is 2.04. The molecule has 1 aliphatic heterocycles. The molecule has 6 heteroatoms. The lowest BCUT2D eigenvalue weighted by Crippen LogP contribution is -2.33. The summed E-state index contributed by atoms with van der Waals surface area (Å²) in [6.45, 7) is 1.19. The second kappa shape index (κ2) is 5.93. The Morgan fingerprint density at radius 2 is 2.11 bits per heavy atom. The van der Waals surface area contributed by atoms with Gasteiger partial charge in [-0.2, -0.15) is 0 Å². The third-order valence-corrected chi connectivity index (χ3v) is 3.33. The highest BCUT2D eigenvalue weighted by molar-refractivity contribution is 6.30. The molecule has 1 unspecified atom stereocenters. The van der Waals surface area contributed by atoms with Crippen molar-refractivity contribution in [3.8, 4) is 0 Å². The molecule has 1 aliphatic rings. The largest absolute Gasteiger partial charge is 0.345 e. The summed E-state index contributed by atoms with van der Waals surface area (Å²) in [4.78, 5) is 24.7. The molecule has 1 fully saturated rings. The van der Waals surface area contributed by atoms with Crippen LogP contribution >= 0.6 is 11.6 Å². The Morgan fingerprint density at radius 1 is 1.42 bits per heavy atom. The van der Waals surface area contributed by atoms with Crippen LogP contribution in [0.4, 0.5) is 10.5 Å². The summed E-state index contributed by atoms with van der Waals surface area (Å²) in [5, 5.41) is 6.10. The summed E-state index contributed by atoms with van der Waals surface area (Å²) in [7, 11) is 1.77. The predicted molar refractivity (Wildman–Crippen MR) is 74.2 cm³/mol. The third-order valence-electron chi connectivity index (χ3n) is 3.07. The van der Waals surface area contributed by atoms with Crippen LogP contribution in [-0.4, -0.2) is 37.0 Å². The van der Waals surface area contributed by atoms with E-state index in [0.29, 0.717) is 30.2 Å². The lowest BCUT2D eigenvalue weighted by atomic mass is 10.1. The Labute approximate surface area is 116 Å². The summed E-state index contributed by atoms with van der Waals surface area (Å²) < 4.78 is 0. The maximum Gasteiger partial charge on any atom is 0.319 e. The normalized spacial score (nSPS) is 18.5. The van der Waals surface area contributed by atoms with E-state index in [2.05, 4.69) is 10.6 Å². The van der Waals surface area contributed by atoms with Gasteiger partial charge in [0, 0.05) is 43.2 Å². The monoisotopic (exact) mass is 281 g/mol. The number of rotatable bonds is 3. The molecule has 0 bridgehead atoms. The molecule has 1 aromatic rings. The maximum absolute atomic E-state index is 11.7. The van der Waals surface area contributed by atoms with Gasteiger partial charge in [-0.05, 0) is 24.3 Å². The van der Waals surface area contributed by atoms with Crippen LogP contribution in [0.1, 0.15) is 6.42 Å². The standard InChI is InChI=1S/C13H16ClN3O2/c1-17-8-9(6-12(17)18)7-15-13(19)16-11-4-2-10(14)3-5-11/h2-5,9H,6-8H2,1H3,(H2,15,16,19). The minimum absolute atomic E-state index is 0.130. The Balaban J connectivity index is 1.76. The molecule has 0 spiro atoms. The quantitative estimate of drug-likeness (QED) is 0.889. The lowest BCUT2D eigenvalue weighted by Gasteiger charge is -2.12. The van der Waals surface area contributed by atoms with Crippen molar-refractivity contribution in [3.05, 3.63) is 29.3 Å². The molecule has 3 amide bonds. The minimum Gasteiger partial charge on any atom is -0.345 e. The second-order valence-electron chi connectivity index (χ2n) is 4.69. The first-order valence-electron chi connectivity index (χ1n) is 6.09. The first-order valence-corrected chi connectivity index (χ1v) is 6.47. The molecule has 102 valence electrons. The fourth-order valence-corrected chi connectivity index (χ4v) is 2.16. The van der Waals surface area contributed by atoms with Crippen LogP contribution in [0.3, 0.4) is 0 Å². The molecule has 1 aromatic carbocycles. The number of likely N-dealkylation sites (tertiary alicyclic amines) is 1. The van der Waals surface area contributed by atoms with Gasteiger partial charge in [0.1, 0.15) is 0 Å². The van der Waals surface area contributed by atoms with E-state index in [9.17, 15) is 9.59 Å². The molecule has 0 saturated carbocycles. The van der Waals surface area contributed by atoms with Crippen molar-refractivity contribution in [1.82, 2.24) is 10.2 Å². The van der Waals surface area contributed by atoms with E-state index in [1.807, 2.05) is 0 Å². The topological polar surface area (TPSA) is 61.4 Å². The van der Waals surface area contributed by atoms with E-state index in [-0.39, 0.29) is 17.9 Å². The van der Waals surface area contributed by atoms with Crippen molar-refractivity contribution in [1.29, 1.82) is 0 Å². The SMILES string of the molecule is CN1CC(CNC(=O)Nc2ccc(Cl)cc2)CC1=O. The Bertz CT molecular complexity index is 475. The molecule has 2 N–H and O–H groups in total. The van der Waals surface area contributed by atoms with Gasteiger partial charge in [0.15, 0.2) is 0 Å². The van der Waals surface area contributed by atoms with Crippen LogP contribution in [-0.2, 0) is 4.79 Å². The molecular weight excluding hydrogens is 266 g/mol. The van der Waals surface area contributed by atoms with Gasteiger partial charge in [0.25, 0.3) is 0 Å². The summed E-state index contributed by atoms with van der Waals surface area (Å²) >= 11 is 5.76. The molecule has 1 saturated heterocycles. The maximum atomic E-state index is 11.7. The third kappa shape index (κ3) is 3.86. The zero-order valence-corrected chi connectivity index (χ0v) is 11.4. The molecule has 0 radical (unpaired) electrons. The number of urea groups is 1. The highest BCUT2D eigenvalue weighted by atomic mass is 35.5. The van der Waals surface area contributed by atoms with Crippen LogP contribution < -0.4 is 10.6 Å². The zero-order chi connectivity index (χ0) is 13.8. The van der Waals surface area contributed by atoms with Crippen LogP contribution in [0.25, 0.3) is 0 Å². The van der Waals surface area contributed by atoms with Gasteiger partial charge in [-0.15, -0.1) is 0 Å². The van der Waals surface area contributed by atoms with Gasteiger partial charge >= 0.3 is 6.03 Å². The number of carbonyl (C=O) groups is 2. The van der Waals surface area contributed by atoms with Crippen molar-refractivity contribution in [2.45, 2.75) is 6.42 Å². The van der Waals surface area contributed by atoms with Gasteiger partial charge in [-0.1, -0.05) is 11.6 Å². The molecule has 0 aliphatic carbocycles. The Morgan fingerprint density at radius 3 is 2.68 bits per heavy atom. The first-order chi connectivity index (χ1) is 9.04. The average molecular weight is 282 g/mol. The zero-order valence-electron chi connectivity index (χ0n) is 10.6. The first kappa shape index (κ1) is 13.7. The fraction of sp³-hybridized carbons (Fsp3) is 0.385. The molecule has 1 heterocycles. The molecule has 1 atom stereocenters. The Kier molecular flexibility index (Phi) is 4.27. The second-order valence-corrected chi connectivity index (χ2v) is 5.12. The molecule has 19 heavy (non-hydrogen) atoms. The minimum atomic E-state index is -0.274. The van der Waals surface area contributed by atoms with Crippen molar-refractivity contribution in [2.75, 3.05) is 25.5 Å². The van der Waals surface area contributed by atoms with Gasteiger partial charge in [0.2, 0.25) is 5.91 Å². The Hall–Kier alpha value is -1.75. The average Bonchev–Trinajstić information content (AvgIpc) is 2.69. The summed E-state index contributed by atoms with van der Waals surface area (Å²) in [6.07, 6.45) is 0.498. The number of hydrogen-bond donors (Lipinski definition) is 2. The number of hydrogen-bond acceptors (Lipinski definition) is 2. The van der Waals surface area contributed by atoms with Crippen molar-refractivity contribution in [3.63, 3.8) is 0 Å². The van der Waals surface area contributed by atoms with E-state index in [0.717, 1.165) is 0 Å². The summed E-state index contributed by atoms with van der Waals surface area (Å²) in [5.41, 5.74) is 0.682. The van der Waals surface area contributed by atoms with Crippen LogP contribution in [0.5, 0.6) is 0 Å². The number of benzene rings is 1. The highest BCUT2D eigenvalue weighted by Crippen LogP contribution is 2.15. The smallest absolute Gasteiger partial charge is 0.319 e. The van der Waals surface area contributed by atoms with Gasteiger partial charge in [-0.25, -0.2) is 4.79 Å². The van der Waals surface area contributed by atoms with Crippen LogP contribution in [0.15, 0.2) is 24.3 Å². The van der Waals surface area contributed by atoms with Gasteiger partial charge in [-0.3, -0.25) is 4.79 Å². The number of halogens is 1. The number of amides is 3. The van der Waals surface area contributed by atoms with Crippen LogP contribution in [0.2, 0.25) is 5.02 Å². The summed E-state index contributed by atoms with van der Waals surface area (Å²) in [5.74, 6) is 0.318. The number of carbonyl (C=O) groups excluding carboxylic acids is 2. The number of anilines is 1. The number of nitrogens with one attached hydrogen (secondary N) is 2. The molecule has 2 rings (SSSR count). The molecule has 0 aromatic heterocycles. The van der Waals surface area contributed by atoms with E-state index in [1.54, 1.807) is 36.2 Å². The predicted octanol–water partition coefficient (Wildman–Crippen LogP) is 1.94. The molecular formula is C13H16ClN3O2. The van der Waals surface area contributed by atoms with Crippen LogP contribution in [0, 0.1) is 5.92 Å². The number of nitrogens with zero attached hydrogens (tertiary/aromatic N) is 1. The van der Waals surface area contributed by atoms with Crippen molar-refractivity contribution in [2.24, 2.45) is 5.92 Å².